The third-order valence-corrected chi connectivity index (χ3v) is 5.36. The Kier molecular flexibility index (Phi) is 7.68. The molecular formula is C22H28ClN5O3. The van der Waals surface area contributed by atoms with Gasteiger partial charge in [0.25, 0.3) is 5.56 Å². The first-order valence-corrected chi connectivity index (χ1v) is 11.0. The number of carbonyl (C=O) groups is 1. The van der Waals surface area contributed by atoms with E-state index in [0.29, 0.717) is 31.6 Å². The number of imidazole rings is 1. The molecule has 0 unspecified atom stereocenters. The Morgan fingerprint density at radius 2 is 1.81 bits per heavy atom. The summed E-state index contributed by atoms with van der Waals surface area (Å²) >= 11 is 5.95. The molecule has 9 heteroatoms. The van der Waals surface area contributed by atoms with E-state index in [2.05, 4.69) is 22.2 Å². The van der Waals surface area contributed by atoms with Crippen LogP contribution in [0, 0.1) is 6.92 Å². The Labute approximate surface area is 185 Å². The number of fused-ring (bicyclic) bond motifs is 1. The second-order valence-electron chi connectivity index (χ2n) is 7.69. The number of carbonyl (C=O) groups excluding carboxylic acids is 1. The molecule has 3 aromatic rings. The van der Waals surface area contributed by atoms with Crippen LogP contribution in [0.3, 0.4) is 0 Å². The molecule has 0 radical (unpaired) electrons. The van der Waals surface area contributed by atoms with Gasteiger partial charge in [-0.3, -0.25) is 18.7 Å². The van der Waals surface area contributed by atoms with E-state index in [9.17, 15) is 14.4 Å². The number of aromatic nitrogens is 4. The lowest BCUT2D eigenvalue weighted by atomic mass is 10.1. The molecule has 2 aromatic heterocycles. The number of aryl methyl sites for hydroxylation is 2. The van der Waals surface area contributed by atoms with Gasteiger partial charge in [-0.2, -0.15) is 4.98 Å². The van der Waals surface area contributed by atoms with Crippen molar-refractivity contribution in [1.82, 2.24) is 24.4 Å². The Morgan fingerprint density at radius 3 is 2.52 bits per heavy atom. The van der Waals surface area contributed by atoms with Crippen molar-refractivity contribution in [3.63, 3.8) is 0 Å². The van der Waals surface area contributed by atoms with Crippen molar-refractivity contribution in [2.24, 2.45) is 0 Å². The second kappa shape index (κ2) is 10.4. The maximum absolute atomic E-state index is 12.9. The number of rotatable bonds is 10. The number of hydrogen-bond donors (Lipinski definition) is 2. The number of halogens is 1. The first-order valence-electron chi connectivity index (χ1n) is 10.6. The fraction of sp³-hybridized carbons (Fsp3) is 0.455. The molecule has 0 atom stereocenters. The van der Waals surface area contributed by atoms with E-state index in [-0.39, 0.29) is 23.3 Å². The first kappa shape index (κ1) is 22.8. The van der Waals surface area contributed by atoms with Gasteiger partial charge in [0.1, 0.15) is 0 Å². The average molecular weight is 446 g/mol. The molecule has 0 bridgehead atoms. The number of hydrogen-bond acceptors (Lipinski definition) is 4. The van der Waals surface area contributed by atoms with Gasteiger partial charge in [0.05, 0.1) is 6.42 Å². The summed E-state index contributed by atoms with van der Waals surface area (Å²) in [5, 5.41) is 2.93. The SMILES string of the molecule is CCCCCn1c(=O)n(CCCNC(=O)Cc2ccc(C)cc2)c(=O)c2[nH]c(Cl)nc21. The highest BCUT2D eigenvalue weighted by atomic mass is 35.5. The summed E-state index contributed by atoms with van der Waals surface area (Å²) in [5.74, 6) is -0.0935. The van der Waals surface area contributed by atoms with Gasteiger partial charge in [-0.1, -0.05) is 49.6 Å². The van der Waals surface area contributed by atoms with Crippen LogP contribution >= 0.6 is 11.6 Å². The van der Waals surface area contributed by atoms with E-state index in [0.717, 1.165) is 30.4 Å². The highest BCUT2D eigenvalue weighted by Crippen LogP contribution is 2.11. The Hall–Kier alpha value is -2.87. The van der Waals surface area contributed by atoms with Gasteiger partial charge < -0.3 is 10.3 Å². The smallest absolute Gasteiger partial charge is 0.332 e. The van der Waals surface area contributed by atoms with Gasteiger partial charge in [-0.05, 0) is 36.9 Å². The zero-order valence-corrected chi connectivity index (χ0v) is 18.7. The minimum absolute atomic E-state index is 0.0804. The van der Waals surface area contributed by atoms with Gasteiger partial charge in [0.2, 0.25) is 11.2 Å². The molecule has 31 heavy (non-hydrogen) atoms. The Bertz CT molecular complexity index is 1160. The first-order chi connectivity index (χ1) is 14.9. The average Bonchev–Trinajstić information content (AvgIpc) is 3.13. The molecule has 1 aromatic carbocycles. The monoisotopic (exact) mass is 445 g/mol. The lowest BCUT2D eigenvalue weighted by Crippen LogP contribution is -2.41. The van der Waals surface area contributed by atoms with Crippen LogP contribution in [-0.2, 0) is 24.3 Å². The lowest BCUT2D eigenvalue weighted by molar-refractivity contribution is -0.120. The molecule has 0 aliphatic heterocycles. The Balaban J connectivity index is 1.66. The summed E-state index contributed by atoms with van der Waals surface area (Å²) in [6.45, 7) is 5.12. The van der Waals surface area contributed by atoms with Gasteiger partial charge in [-0.15, -0.1) is 0 Å². The number of unbranched alkanes of at least 4 members (excludes halogenated alkanes) is 2. The summed E-state index contributed by atoms with van der Waals surface area (Å²) in [4.78, 5) is 44.7. The van der Waals surface area contributed by atoms with E-state index in [4.69, 9.17) is 11.6 Å². The minimum Gasteiger partial charge on any atom is -0.356 e. The van der Waals surface area contributed by atoms with Gasteiger partial charge >= 0.3 is 5.69 Å². The van der Waals surface area contributed by atoms with Gasteiger partial charge in [0.15, 0.2) is 11.2 Å². The topological polar surface area (TPSA) is 102 Å². The zero-order valence-electron chi connectivity index (χ0n) is 17.9. The van der Waals surface area contributed by atoms with Gasteiger partial charge in [0, 0.05) is 19.6 Å². The molecule has 166 valence electrons. The van der Waals surface area contributed by atoms with Gasteiger partial charge in [-0.25, -0.2) is 4.79 Å². The van der Waals surface area contributed by atoms with E-state index in [1.165, 1.54) is 9.13 Å². The van der Waals surface area contributed by atoms with Crippen molar-refractivity contribution in [3.05, 3.63) is 61.5 Å². The molecular weight excluding hydrogens is 418 g/mol. The standard InChI is InChI=1S/C22H28ClN5O3/c1-3-4-5-12-27-19-18(25-21(23)26-19)20(30)28(22(27)31)13-6-11-24-17(29)14-16-9-7-15(2)8-10-16/h7-10H,3-6,11-14H2,1-2H3,(H,24,29)(H,25,26). The van der Waals surface area contributed by atoms with Crippen molar-refractivity contribution < 1.29 is 4.79 Å². The number of nitrogens with zero attached hydrogens (tertiary/aromatic N) is 3. The quantitative estimate of drug-likeness (QED) is 0.370. The van der Waals surface area contributed by atoms with Crippen LogP contribution in [-0.4, -0.2) is 31.6 Å². The van der Waals surface area contributed by atoms with Crippen LogP contribution < -0.4 is 16.6 Å². The predicted molar refractivity (Wildman–Crippen MR) is 122 cm³/mol. The summed E-state index contributed by atoms with van der Waals surface area (Å²) in [6, 6.07) is 7.80. The largest absolute Gasteiger partial charge is 0.356 e. The maximum atomic E-state index is 12.9. The Morgan fingerprint density at radius 1 is 1.10 bits per heavy atom. The number of aromatic amines is 1. The summed E-state index contributed by atoms with van der Waals surface area (Å²) in [7, 11) is 0. The van der Waals surface area contributed by atoms with Crippen LogP contribution in [0.4, 0.5) is 0 Å². The molecule has 0 aliphatic rings. The van der Waals surface area contributed by atoms with Crippen molar-refractivity contribution in [2.45, 2.75) is 59.0 Å². The minimum atomic E-state index is -0.447. The summed E-state index contributed by atoms with van der Waals surface area (Å²) in [6.07, 6.45) is 3.54. The van der Waals surface area contributed by atoms with E-state index in [1.807, 2.05) is 31.2 Å². The highest BCUT2D eigenvalue weighted by molar-refractivity contribution is 6.28. The van der Waals surface area contributed by atoms with Crippen molar-refractivity contribution in [1.29, 1.82) is 0 Å². The summed E-state index contributed by atoms with van der Waals surface area (Å²) in [5.41, 5.74) is 1.75. The van der Waals surface area contributed by atoms with Crippen molar-refractivity contribution >= 4 is 28.7 Å². The van der Waals surface area contributed by atoms with Crippen LogP contribution in [0.1, 0.15) is 43.7 Å². The number of amides is 1. The van der Waals surface area contributed by atoms with Crippen LogP contribution in [0.15, 0.2) is 33.9 Å². The number of benzene rings is 1. The predicted octanol–water partition coefficient (Wildman–Crippen LogP) is 2.79. The molecule has 2 heterocycles. The van der Waals surface area contributed by atoms with E-state index >= 15 is 0 Å². The fourth-order valence-corrected chi connectivity index (χ4v) is 3.65. The molecule has 8 nitrogen and oxygen atoms in total. The molecule has 0 spiro atoms. The van der Waals surface area contributed by atoms with Crippen LogP contribution in [0.5, 0.6) is 0 Å². The van der Waals surface area contributed by atoms with E-state index in [1.54, 1.807) is 0 Å². The van der Waals surface area contributed by atoms with Crippen LogP contribution in [0.2, 0.25) is 5.28 Å². The molecule has 0 fully saturated rings. The van der Waals surface area contributed by atoms with Crippen molar-refractivity contribution in [2.75, 3.05) is 6.54 Å². The fourth-order valence-electron chi connectivity index (χ4n) is 3.48. The zero-order chi connectivity index (χ0) is 22.4. The molecule has 2 N–H and O–H groups in total. The molecule has 1 amide bonds. The summed E-state index contributed by atoms with van der Waals surface area (Å²) < 4.78 is 2.69. The van der Waals surface area contributed by atoms with E-state index < -0.39 is 11.2 Å². The number of H-pyrrole nitrogens is 1. The second-order valence-corrected chi connectivity index (χ2v) is 8.05. The molecule has 0 saturated carbocycles. The lowest BCUT2D eigenvalue weighted by Gasteiger charge is -2.11. The maximum Gasteiger partial charge on any atom is 0.332 e. The highest BCUT2D eigenvalue weighted by Gasteiger charge is 2.16. The van der Waals surface area contributed by atoms with Crippen molar-refractivity contribution in [3.8, 4) is 0 Å². The molecule has 3 rings (SSSR count). The molecule has 0 saturated heterocycles. The third-order valence-electron chi connectivity index (χ3n) is 5.18. The number of nitrogens with one attached hydrogen (secondary N) is 2. The normalized spacial score (nSPS) is 11.2. The van der Waals surface area contributed by atoms with Crippen LogP contribution in [0.25, 0.3) is 11.2 Å². The molecule has 0 aliphatic carbocycles. The third kappa shape index (κ3) is 5.64.